The van der Waals surface area contributed by atoms with Crippen molar-refractivity contribution in [3.05, 3.63) is 90.0 Å². The minimum Gasteiger partial charge on any atom is -0.356 e. The number of nitrogens with zero attached hydrogens (tertiary/aromatic N) is 5. The van der Waals surface area contributed by atoms with Gasteiger partial charge in [-0.25, -0.2) is 14.4 Å². The smallest absolute Gasteiger partial charge is 0.150 e. The van der Waals surface area contributed by atoms with E-state index in [4.69, 9.17) is 10.1 Å². The summed E-state index contributed by atoms with van der Waals surface area (Å²) in [6, 6.07) is 14.7. The predicted molar refractivity (Wildman–Crippen MR) is 152 cm³/mol. The number of piperidine rings is 1. The molecule has 6 rings (SSSR count). The van der Waals surface area contributed by atoms with Gasteiger partial charge < -0.3 is 15.1 Å². The number of nitrogens with one attached hydrogen (secondary N) is 1. The van der Waals surface area contributed by atoms with E-state index < -0.39 is 0 Å². The summed E-state index contributed by atoms with van der Waals surface area (Å²) >= 11 is 0. The number of hydrazone groups is 1. The number of benzene rings is 1. The number of likely N-dealkylation sites (tertiary alicyclic amines) is 1. The molecule has 1 atom stereocenters. The number of aromatic nitrogens is 1. The highest BCUT2D eigenvalue weighted by molar-refractivity contribution is 5.95. The minimum atomic E-state index is -0.198. The van der Waals surface area contributed by atoms with Gasteiger partial charge in [0, 0.05) is 31.7 Å². The van der Waals surface area contributed by atoms with Crippen LogP contribution in [0.3, 0.4) is 0 Å². The molecule has 0 bridgehead atoms. The number of amidine groups is 1. The largest absolute Gasteiger partial charge is 0.356 e. The Kier molecular flexibility index (Phi) is 7.02. The molecular formula is C31H37FN6. The van der Waals surface area contributed by atoms with E-state index >= 15 is 0 Å². The maximum atomic E-state index is 14.0. The van der Waals surface area contributed by atoms with E-state index in [0.717, 1.165) is 85.7 Å². The molecule has 2 saturated heterocycles. The van der Waals surface area contributed by atoms with Gasteiger partial charge in [-0.2, -0.15) is 0 Å². The van der Waals surface area contributed by atoms with Gasteiger partial charge in [0.25, 0.3) is 0 Å². The topological polar surface area (TPSA) is 47.0 Å². The summed E-state index contributed by atoms with van der Waals surface area (Å²) in [6.07, 6.45) is 13.1. The van der Waals surface area contributed by atoms with E-state index in [2.05, 4.69) is 39.9 Å². The Labute approximate surface area is 225 Å². The van der Waals surface area contributed by atoms with Crippen LogP contribution in [0.4, 0.5) is 10.2 Å². The molecule has 0 radical (unpaired) electrons. The first-order valence-corrected chi connectivity index (χ1v) is 14.0. The van der Waals surface area contributed by atoms with Crippen LogP contribution < -0.4 is 10.2 Å². The van der Waals surface area contributed by atoms with Crippen LogP contribution in [0.2, 0.25) is 0 Å². The van der Waals surface area contributed by atoms with Crippen molar-refractivity contribution in [3.63, 3.8) is 0 Å². The molecule has 198 valence electrons. The summed E-state index contributed by atoms with van der Waals surface area (Å²) in [7, 11) is 0. The average molecular weight is 513 g/mol. The van der Waals surface area contributed by atoms with E-state index in [9.17, 15) is 4.39 Å². The van der Waals surface area contributed by atoms with E-state index in [0.29, 0.717) is 6.04 Å². The van der Waals surface area contributed by atoms with Crippen LogP contribution in [0.15, 0.2) is 78.1 Å². The van der Waals surface area contributed by atoms with Crippen molar-refractivity contribution in [2.75, 3.05) is 24.5 Å². The van der Waals surface area contributed by atoms with Crippen LogP contribution in [0.25, 0.3) is 5.70 Å². The Morgan fingerprint density at radius 2 is 1.79 bits per heavy atom. The molecule has 4 aliphatic rings. The van der Waals surface area contributed by atoms with Gasteiger partial charge in [-0.05, 0) is 87.4 Å². The Balaban J connectivity index is 1.21. The van der Waals surface area contributed by atoms with E-state index in [1.54, 1.807) is 12.1 Å². The molecule has 0 amide bonds. The molecule has 3 fully saturated rings. The van der Waals surface area contributed by atoms with Crippen molar-refractivity contribution < 1.29 is 4.39 Å². The SMILES string of the molecule is C=C1C=CC(N2CCCC2c2cccc(F)c2)=NN1/C(=C\C)c1cccc(N2CCC(NC3CC3)CC2)n1. The lowest BCUT2D eigenvalue weighted by Crippen LogP contribution is -2.43. The number of hydrogen-bond donors (Lipinski definition) is 1. The summed E-state index contributed by atoms with van der Waals surface area (Å²) in [6.45, 7) is 9.21. The lowest BCUT2D eigenvalue weighted by atomic mass is 10.0. The average Bonchev–Trinajstić information content (AvgIpc) is 3.62. The fraction of sp³-hybridized carbons (Fsp3) is 0.419. The van der Waals surface area contributed by atoms with Gasteiger partial charge in [0.15, 0.2) is 0 Å². The number of rotatable bonds is 6. The van der Waals surface area contributed by atoms with Crippen molar-refractivity contribution in [3.8, 4) is 0 Å². The molecule has 38 heavy (non-hydrogen) atoms. The molecule has 3 aliphatic heterocycles. The monoisotopic (exact) mass is 512 g/mol. The number of halogens is 1. The van der Waals surface area contributed by atoms with Crippen LogP contribution in [-0.4, -0.2) is 52.4 Å². The maximum absolute atomic E-state index is 14.0. The highest BCUT2D eigenvalue weighted by Gasteiger charge is 2.31. The molecule has 1 aliphatic carbocycles. The summed E-state index contributed by atoms with van der Waals surface area (Å²) in [5.74, 6) is 1.68. The summed E-state index contributed by atoms with van der Waals surface area (Å²) in [4.78, 5) is 9.75. The second-order valence-electron chi connectivity index (χ2n) is 10.8. The van der Waals surface area contributed by atoms with Gasteiger partial charge in [0.1, 0.15) is 17.5 Å². The zero-order valence-corrected chi connectivity index (χ0v) is 22.2. The fourth-order valence-electron chi connectivity index (χ4n) is 5.88. The molecule has 7 heteroatoms. The zero-order chi connectivity index (χ0) is 26.1. The van der Waals surface area contributed by atoms with Crippen LogP contribution in [0, 0.1) is 5.82 Å². The lowest BCUT2D eigenvalue weighted by molar-refractivity contribution is 0.385. The zero-order valence-electron chi connectivity index (χ0n) is 22.2. The molecule has 2 aromatic rings. The third kappa shape index (κ3) is 5.25. The maximum Gasteiger partial charge on any atom is 0.150 e. The minimum absolute atomic E-state index is 0.107. The van der Waals surface area contributed by atoms with Gasteiger partial charge in [0.05, 0.1) is 23.1 Å². The molecule has 6 nitrogen and oxygen atoms in total. The molecule has 1 aromatic heterocycles. The standard InChI is InChI=1S/C31H37FN6/c1-3-28(27-9-5-11-30(34-27)36-19-16-26(17-20-36)33-25-13-14-25)38-22(2)12-15-31(35-38)37-18-6-10-29(37)23-7-4-8-24(32)21-23/h3-5,7-9,11-12,15,21,25-26,29,33H,2,6,10,13-14,16-20H2,1H3/b28-3-. The van der Waals surface area contributed by atoms with E-state index in [1.165, 1.54) is 18.9 Å². The molecule has 4 heterocycles. The van der Waals surface area contributed by atoms with Crippen LogP contribution in [0.1, 0.15) is 62.7 Å². The van der Waals surface area contributed by atoms with Gasteiger partial charge in [0.2, 0.25) is 0 Å². The Bertz CT molecular complexity index is 1270. The van der Waals surface area contributed by atoms with Crippen LogP contribution >= 0.6 is 0 Å². The van der Waals surface area contributed by atoms with Crippen LogP contribution in [0.5, 0.6) is 0 Å². The molecular weight excluding hydrogens is 475 g/mol. The van der Waals surface area contributed by atoms with Crippen molar-refractivity contribution in [2.24, 2.45) is 5.10 Å². The molecule has 0 spiro atoms. The second-order valence-corrected chi connectivity index (χ2v) is 10.8. The van der Waals surface area contributed by atoms with Crippen molar-refractivity contribution in [1.82, 2.24) is 20.2 Å². The fourth-order valence-corrected chi connectivity index (χ4v) is 5.88. The predicted octanol–water partition coefficient (Wildman–Crippen LogP) is 5.84. The quantitative estimate of drug-likeness (QED) is 0.527. The Morgan fingerprint density at radius 3 is 2.55 bits per heavy atom. The summed E-state index contributed by atoms with van der Waals surface area (Å²) in [5, 5.41) is 10.7. The summed E-state index contributed by atoms with van der Waals surface area (Å²) in [5.41, 5.74) is 3.57. The van der Waals surface area contributed by atoms with Gasteiger partial charge in [-0.3, -0.25) is 0 Å². The highest BCUT2D eigenvalue weighted by Crippen LogP contribution is 2.35. The van der Waals surface area contributed by atoms with Crippen molar-refractivity contribution >= 4 is 17.4 Å². The third-order valence-electron chi connectivity index (χ3n) is 8.05. The first kappa shape index (κ1) is 24.9. The Hall–Kier alpha value is -3.45. The molecule has 1 saturated carbocycles. The molecule has 1 unspecified atom stereocenters. The van der Waals surface area contributed by atoms with Crippen LogP contribution in [-0.2, 0) is 0 Å². The number of pyridine rings is 1. The van der Waals surface area contributed by atoms with Gasteiger partial charge in [-0.1, -0.05) is 30.9 Å². The second kappa shape index (κ2) is 10.7. The normalized spacial score (nSPS) is 22.8. The van der Waals surface area contributed by atoms with E-state index in [1.807, 2.05) is 36.2 Å². The first-order chi connectivity index (χ1) is 18.6. The Morgan fingerprint density at radius 1 is 1.00 bits per heavy atom. The lowest BCUT2D eigenvalue weighted by Gasteiger charge is -2.34. The number of hydrogen-bond acceptors (Lipinski definition) is 6. The van der Waals surface area contributed by atoms with Gasteiger partial charge >= 0.3 is 0 Å². The van der Waals surface area contributed by atoms with Crippen molar-refractivity contribution in [2.45, 2.75) is 63.6 Å². The first-order valence-electron chi connectivity index (χ1n) is 14.0. The third-order valence-corrected chi connectivity index (χ3v) is 8.05. The molecule has 1 aromatic carbocycles. The van der Waals surface area contributed by atoms with Gasteiger partial charge in [-0.15, -0.1) is 5.10 Å². The number of allylic oxidation sites excluding steroid dienone is 2. The van der Waals surface area contributed by atoms with E-state index in [-0.39, 0.29) is 11.9 Å². The highest BCUT2D eigenvalue weighted by atomic mass is 19.1. The molecule has 1 N–H and O–H groups in total. The summed E-state index contributed by atoms with van der Waals surface area (Å²) < 4.78 is 14.0. The number of anilines is 1. The van der Waals surface area contributed by atoms with Crippen molar-refractivity contribution in [1.29, 1.82) is 0 Å².